The quantitative estimate of drug-likeness (QED) is 0.676. The topological polar surface area (TPSA) is 22.1 Å². The number of pyridine rings is 1. The lowest BCUT2D eigenvalue weighted by Crippen LogP contribution is -1.96. The van der Waals surface area contributed by atoms with Gasteiger partial charge in [-0.2, -0.15) is 0 Å². The van der Waals surface area contributed by atoms with E-state index in [0.717, 1.165) is 11.1 Å². The smallest absolute Gasteiger partial charge is 0.213 e. The van der Waals surface area contributed by atoms with Gasteiger partial charge in [-0.05, 0) is 25.0 Å². The summed E-state index contributed by atoms with van der Waals surface area (Å²) in [6, 6.07) is 1.90. The van der Waals surface area contributed by atoms with E-state index in [4.69, 9.17) is 16.3 Å². The predicted octanol–water partition coefficient (Wildman–Crippen LogP) is 2.53. The first-order chi connectivity index (χ1) is 5.77. The summed E-state index contributed by atoms with van der Waals surface area (Å²) in [5.74, 6) is 1.18. The fourth-order valence-electron chi connectivity index (χ4n) is 0.925. The summed E-state index contributed by atoms with van der Waals surface area (Å²) in [4.78, 5) is 4.09. The second kappa shape index (κ2) is 4.31. The molecule has 0 atom stereocenters. The monoisotopic (exact) mass is 185 g/mol. The molecule has 0 aliphatic heterocycles. The van der Waals surface area contributed by atoms with Gasteiger partial charge in [0.1, 0.15) is 0 Å². The molecule has 0 amide bonds. The SMILES string of the molecule is CCOc1cc(C)c(CCl)cn1. The number of aryl methyl sites for hydroxylation is 1. The molecule has 1 aromatic heterocycles. The van der Waals surface area contributed by atoms with Crippen molar-refractivity contribution in [3.05, 3.63) is 23.4 Å². The van der Waals surface area contributed by atoms with Crippen LogP contribution in [0.25, 0.3) is 0 Å². The van der Waals surface area contributed by atoms with E-state index >= 15 is 0 Å². The maximum absolute atomic E-state index is 5.68. The van der Waals surface area contributed by atoms with Crippen molar-refractivity contribution >= 4 is 11.6 Å². The minimum absolute atomic E-state index is 0.505. The predicted molar refractivity (Wildman–Crippen MR) is 49.7 cm³/mol. The Morgan fingerprint density at radius 2 is 2.33 bits per heavy atom. The molecule has 0 aliphatic carbocycles. The van der Waals surface area contributed by atoms with Gasteiger partial charge in [0.2, 0.25) is 5.88 Å². The van der Waals surface area contributed by atoms with E-state index in [1.54, 1.807) is 6.20 Å². The van der Waals surface area contributed by atoms with Gasteiger partial charge >= 0.3 is 0 Å². The molecule has 0 saturated heterocycles. The lowest BCUT2D eigenvalue weighted by Gasteiger charge is -2.04. The maximum atomic E-state index is 5.68. The molecule has 0 fully saturated rings. The standard InChI is InChI=1S/C9H12ClNO/c1-3-12-9-4-7(2)8(5-10)6-11-9/h4,6H,3,5H2,1-2H3. The highest BCUT2D eigenvalue weighted by atomic mass is 35.5. The van der Waals surface area contributed by atoms with E-state index in [2.05, 4.69) is 4.98 Å². The van der Waals surface area contributed by atoms with Crippen molar-refractivity contribution in [3.8, 4) is 5.88 Å². The Kier molecular flexibility index (Phi) is 3.35. The molecule has 3 heteroatoms. The van der Waals surface area contributed by atoms with E-state index in [-0.39, 0.29) is 0 Å². The number of alkyl halides is 1. The van der Waals surface area contributed by atoms with Crippen LogP contribution in [0, 0.1) is 6.92 Å². The van der Waals surface area contributed by atoms with E-state index in [1.807, 2.05) is 19.9 Å². The largest absolute Gasteiger partial charge is 0.478 e. The van der Waals surface area contributed by atoms with Crippen LogP contribution in [0.5, 0.6) is 5.88 Å². The van der Waals surface area contributed by atoms with Gasteiger partial charge in [-0.1, -0.05) is 0 Å². The van der Waals surface area contributed by atoms with Crippen LogP contribution in [0.2, 0.25) is 0 Å². The third-order valence-corrected chi connectivity index (χ3v) is 1.92. The van der Waals surface area contributed by atoms with Crippen molar-refractivity contribution in [1.82, 2.24) is 4.98 Å². The van der Waals surface area contributed by atoms with E-state index < -0.39 is 0 Å². The molecule has 12 heavy (non-hydrogen) atoms. The summed E-state index contributed by atoms with van der Waals surface area (Å²) in [7, 11) is 0. The Labute approximate surface area is 77.5 Å². The molecule has 0 saturated carbocycles. The molecule has 0 N–H and O–H groups in total. The number of halogens is 1. The Morgan fingerprint density at radius 1 is 1.58 bits per heavy atom. The van der Waals surface area contributed by atoms with Gasteiger partial charge in [0.15, 0.2) is 0 Å². The highest BCUT2D eigenvalue weighted by molar-refractivity contribution is 6.17. The zero-order valence-corrected chi connectivity index (χ0v) is 8.06. The molecule has 1 rings (SSSR count). The van der Waals surface area contributed by atoms with E-state index in [9.17, 15) is 0 Å². The zero-order chi connectivity index (χ0) is 8.97. The number of nitrogens with zero attached hydrogens (tertiary/aromatic N) is 1. The fourth-order valence-corrected chi connectivity index (χ4v) is 1.21. The zero-order valence-electron chi connectivity index (χ0n) is 7.30. The number of hydrogen-bond donors (Lipinski definition) is 0. The Balaban J connectivity index is 2.86. The van der Waals surface area contributed by atoms with Gasteiger partial charge in [-0.25, -0.2) is 4.98 Å². The summed E-state index contributed by atoms with van der Waals surface area (Å²) in [5, 5.41) is 0. The van der Waals surface area contributed by atoms with Crippen LogP contribution in [0.3, 0.4) is 0 Å². The number of rotatable bonds is 3. The van der Waals surface area contributed by atoms with Crippen molar-refractivity contribution in [2.75, 3.05) is 6.61 Å². The van der Waals surface area contributed by atoms with E-state index in [0.29, 0.717) is 18.4 Å². The molecule has 2 nitrogen and oxygen atoms in total. The molecule has 1 heterocycles. The highest BCUT2D eigenvalue weighted by Gasteiger charge is 1.99. The average molecular weight is 186 g/mol. The summed E-state index contributed by atoms with van der Waals surface area (Å²) in [6.07, 6.45) is 1.76. The first kappa shape index (κ1) is 9.33. The van der Waals surface area contributed by atoms with Crippen LogP contribution >= 0.6 is 11.6 Å². The van der Waals surface area contributed by atoms with Crippen molar-refractivity contribution in [2.45, 2.75) is 19.7 Å². The third-order valence-electron chi connectivity index (χ3n) is 1.63. The van der Waals surface area contributed by atoms with E-state index in [1.165, 1.54) is 0 Å². The first-order valence-electron chi connectivity index (χ1n) is 3.92. The average Bonchev–Trinajstić information content (AvgIpc) is 2.05. The molecule has 0 aliphatic rings. The first-order valence-corrected chi connectivity index (χ1v) is 4.45. The van der Waals surface area contributed by atoms with Crippen molar-refractivity contribution in [3.63, 3.8) is 0 Å². The molecule has 0 aromatic carbocycles. The van der Waals surface area contributed by atoms with Crippen molar-refractivity contribution in [1.29, 1.82) is 0 Å². The number of hydrogen-bond acceptors (Lipinski definition) is 2. The van der Waals surface area contributed by atoms with Gasteiger partial charge in [-0.15, -0.1) is 11.6 Å². The lowest BCUT2D eigenvalue weighted by molar-refractivity contribution is 0.326. The fraction of sp³-hybridized carbons (Fsp3) is 0.444. The van der Waals surface area contributed by atoms with Gasteiger partial charge < -0.3 is 4.74 Å². The summed E-state index contributed by atoms with van der Waals surface area (Å²) >= 11 is 5.68. The van der Waals surface area contributed by atoms with Crippen LogP contribution < -0.4 is 4.74 Å². The maximum Gasteiger partial charge on any atom is 0.213 e. The van der Waals surface area contributed by atoms with Gasteiger partial charge in [0, 0.05) is 18.1 Å². The Hall–Kier alpha value is -0.760. The van der Waals surface area contributed by atoms with Crippen LogP contribution in [0.15, 0.2) is 12.3 Å². The molecular formula is C9H12ClNO. The van der Waals surface area contributed by atoms with Crippen LogP contribution in [-0.2, 0) is 5.88 Å². The van der Waals surface area contributed by atoms with Crippen LogP contribution in [0.1, 0.15) is 18.1 Å². The van der Waals surface area contributed by atoms with Gasteiger partial charge in [0.05, 0.1) is 6.61 Å². The van der Waals surface area contributed by atoms with Crippen molar-refractivity contribution in [2.24, 2.45) is 0 Å². The molecular weight excluding hydrogens is 174 g/mol. The van der Waals surface area contributed by atoms with Gasteiger partial charge in [-0.3, -0.25) is 0 Å². The van der Waals surface area contributed by atoms with Gasteiger partial charge in [0.25, 0.3) is 0 Å². The Bertz CT molecular complexity index is 263. The van der Waals surface area contributed by atoms with Crippen LogP contribution in [-0.4, -0.2) is 11.6 Å². The molecule has 0 unspecified atom stereocenters. The lowest BCUT2D eigenvalue weighted by atomic mass is 10.2. The normalized spacial score (nSPS) is 9.92. The third kappa shape index (κ3) is 2.11. The molecule has 0 spiro atoms. The molecule has 0 bridgehead atoms. The Morgan fingerprint density at radius 3 is 2.83 bits per heavy atom. The molecule has 0 radical (unpaired) electrons. The number of ether oxygens (including phenoxy) is 1. The van der Waals surface area contributed by atoms with Crippen LogP contribution in [0.4, 0.5) is 0 Å². The molecule has 1 aromatic rings. The summed E-state index contributed by atoms with van der Waals surface area (Å²) in [6.45, 7) is 4.58. The second-order valence-electron chi connectivity index (χ2n) is 2.52. The summed E-state index contributed by atoms with van der Waals surface area (Å²) in [5.41, 5.74) is 2.18. The molecule has 66 valence electrons. The summed E-state index contributed by atoms with van der Waals surface area (Å²) < 4.78 is 5.23. The highest BCUT2D eigenvalue weighted by Crippen LogP contribution is 2.14. The van der Waals surface area contributed by atoms with Crippen molar-refractivity contribution < 1.29 is 4.74 Å². The number of aromatic nitrogens is 1. The second-order valence-corrected chi connectivity index (χ2v) is 2.78. The minimum atomic E-state index is 0.505. The minimum Gasteiger partial charge on any atom is -0.478 e.